The molecule has 1 spiro atoms. The van der Waals surface area contributed by atoms with Crippen LogP contribution < -0.4 is 4.90 Å². The molecule has 0 N–H and O–H groups in total. The number of hydrogen-bond acceptors (Lipinski definition) is 7. The lowest BCUT2D eigenvalue weighted by atomic mass is 9.76. The molecule has 2 aromatic rings. The minimum atomic E-state index is -0.915. The molecule has 3 heterocycles. The summed E-state index contributed by atoms with van der Waals surface area (Å²) in [5, 5.41) is 0. The lowest BCUT2D eigenvalue weighted by Gasteiger charge is -2.43. The molecule has 1 aliphatic carbocycles. The second kappa shape index (κ2) is 13.4. The van der Waals surface area contributed by atoms with Crippen LogP contribution in [-0.2, 0) is 32.0 Å². The fourth-order valence-corrected chi connectivity index (χ4v) is 7.73. The van der Waals surface area contributed by atoms with E-state index >= 15 is 0 Å². The number of anilines is 1. The van der Waals surface area contributed by atoms with E-state index < -0.39 is 17.3 Å². The van der Waals surface area contributed by atoms with Gasteiger partial charge in [-0.15, -0.1) is 0 Å². The number of amides is 1. The fraction of sp³-hybridized carbons (Fsp3) is 0.667. The van der Waals surface area contributed by atoms with Gasteiger partial charge < -0.3 is 24.0 Å². The maximum Gasteiger partial charge on any atom is 0.410 e. The van der Waals surface area contributed by atoms with Gasteiger partial charge in [0, 0.05) is 48.7 Å². The maximum absolute atomic E-state index is 13.9. The molecule has 0 radical (unpaired) electrons. The van der Waals surface area contributed by atoms with E-state index in [0.29, 0.717) is 18.5 Å². The molecule has 1 atom stereocenters. The first kappa shape index (κ1) is 35.2. The van der Waals surface area contributed by atoms with Gasteiger partial charge >= 0.3 is 12.1 Å². The predicted octanol–water partition coefficient (Wildman–Crippen LogP) is 8.63. The molecule has 5 rings (SSSR count). The molecule has 0 unspecified atom stereocenters. The second-order valence-electron chi connectivity index (χ2n) is 16.3. The molecular weight excluding hydrogens is 590 g/mol. The van der Waals surface area contributed by atoms with Crippen LogP contribution in [0.5, 0.6) is 0 Å². The molecule has 8 heteroatoms. The summed E-state index contributed by atoms with van der Waals surface area (Å²) >= 11 is 0. The van der Waals surface area contributed by atoms with Crippen LogP contribution in [0.4, 0.5) is 10.5 Å². The van der Waals surface area contributed by atoms with Crippen molar-refractivity contribution in [3.63, 3.8) is 0 Å². The Morgan fingerprint density at radius 3 is 2.13 bits per heavy atom. The van der Waals surface area contributed by atoms with Crippen LogP contribution in [-0.4, -0.2) is 58.9 Å². The summed E-state index contributed by atoms with van der Waals surface area (Å²) in [5.41, 5.74) is 7.37. The third kappa shape index (κ3) is 8.13. The largest absolute Gasteiger partial charge is 0.461 e. The molecule has 1 aromatic carbocycles. The first-order valence-electron chi connectivity index (χ1n) is 17.7. The van der Waals surface area contributed by atoms with Crippen molar-refractivity contribution in [3.05, 3.63) is 46.3 Å². The molecule has 258 valence electrons. The van der Waals surface area contributed by atoms with Crippen LogP contribution in [0.15, 0.2) is 18.2 Å². The van der Waals surface area contributed by atoms with E-state index in [1.54, 1.807) is 4.90 Å². The molecule has 1 saturated carbocycles. The standard InChI is InChI=1S/C39H57N3O5/c1-25(2)45-35(43)34(46-37(5,6)7)32-27(4)40-26(3)31(33(32)41-21-18-39(19-22-41)16-11-12-17-39)29-13-14-30-24-42(20-15-28(30)23-29)36(44)47-38(8,9)10/h13-14,23,25,34H,11-12,15-22,24H2,1-10H3/t34-/m0/s1. The molecule has 8 nitrogen and oxygen atoms in total. The number of hydrogen-bond donors (Lipinski definition) is 0. The summed E-state index contributed by atoms with van der Waals surface area (Å²) < 4.78 is 18.1. The van der Waals surface area contributed by atoms with Crippen molar-refractivity contribution in [2.45, 2.75) is 144 Å². The number of pyridine rings is 1. The van der Waals surface area contributed by atoms with Gasteiger partial charge in [-0.2, -0.15) is 0 Å². The van der Waals surface area contributed by atoms with Gasteiger partial charge in [0.25, 0.3) is 0 Å². The van der Waals surface area contributed by atoms with E-state index in [4.69, 9.17) is 19.2 Å². The number of piperidine rings is 1. The number of nitrogens with zero attached hydrogens (tertiary/aromatic N) is 3. The molecule has 1 amide bonds. The number of aromatic nitrogens is 1. The molecule has 0 bridgehead atoms. The fourth-order valence-electron chi connectivity index (χ4n) is 7.73. The van der Waals surface area contributed by atoms with Crippen molar-refractivity contribution < 1.29 is 23.8 Å². The summed E-state index contributed by atoms with van der Waals surface area (Å²) in [4.78, 5) is 36.1. The number of carbonyl (C=O) groups excluding carboxylic acids is 2. The van der Waals surface area contributed by atoms with Crippen molar-refractivity contribution in [3.8, 4) is 11.1 Å². The second-order valence-corrected chi connectivity index (χ2v) is 16.3. The highest BCUT2D eigenvalue weighted by Crippen LogP contribution is 2.50. The smallest absolute Gasteiger partial charge is 0.410 e. The minimum Gasteiger partial charge on any atom is -0.461 e. The topological polar surface area (TPSA) is 81.2 Å². The Balaban J connectivity index is 1.61. The van der Waals surface area contributed by atoms with Crippen molar-refractivity contribution in [2.75, 3.05) is 24.5 Å². The highest BCUT2D eigenvalue weighted by Gasteiger charge is 2.41. The van der Waals surface area contributed by atoms with Crippen molar-refractivity contribution in [2.24, 2.45) is 5.41 Å². The number of fused-ring (bicyclic) bond motifs is 1. The Hall–Kier alpha value is -3.13. The molecule has 3 aliphatic rings. The summed E-state index contributed by atoms with van der Waals surface area (Å²) in [6.45, 7) is 22.4. The lowest BCUT2D eigenvalue weighted by molar-refractivity contribution is -0.171. The predicted molar refractivity (Wildman–Crippen MR) is 187 cm³/mol. The highest BCUT2D eigenvalue weighted by molar-refractivity contribution is 5.88. The lowest BCUT2D eigenvalue weighted by Crippen LogP contribution is -2.41. The Morgan fingerprint density at radius 1 is 0.872 bits per heavy atom. The van der Waals surface area contributed by atoms with Crippen molar-refractivity contribution in [1.29, 1.82) is 0 Å². The maximum atomic E-state index is 13.9. The van der Waals surface area contributed by atoms with E-state index in [0.717, 1.165) is 71.7 Å². The molecule has 2 fully saturated rings. The van der Waals surface area contributed by atoms with Crippen LogP contribution >= 0.6 is 0 Å². The average Bonchev–Trinajstić information content (AvgIpc) is 3.41. The number of rotatable bonds is 6. The monoisotopic (exact) mass is 647 g/mol. The van der Waals surface area contributed by atoms with E-state index in [1.165, 1.54) is 31.2 Å². The van der Waals surface area contributed by atoms with Crippen LogP contribution in [0.3, 0.4) is 0 Å². The van der Waals surface area contributed by atoms with Gasteiger partial charge in [0.2, 0.25) is 0 Å². The van der Waals surface area contributed by atoms with Crippen LogP contribution in [0.2, 0.25) is 0 Å². The van der Waals surface area contributed by atoms with Crippen molar-refractivity contribution >= 4 is 17.7 Å². The Labute approximate surface area is 282 Å². The normalized spacial score (nSPS) is 18.8. The third-order valence-corrected chi connectivity index (χ3v) is 9.84. The minimum absolute atomic E-state index is 0.270. The number of benzene rings is 1. The molecule has 1 saturated heterocycles. The molecule has 47 heavy (non-hydrogen) atoms. The average molecular weight is 648 g/mol. The number of carbonyl (C=O) groups is 2. The zero-order valence-electron chi connectivity index (χ0n) is 30.5. The van der Waals surface area contributed by atoms with E-state index in [9.17, 15) is 9.59 Å². The molecule has 2 aliphatic heterocycles. The summed E-state index contributed by atoms with van der Waals surface area (Å²) in [5.74, 6) is -0.382. The summed E-state index contributed by atoms with van der Waals surface area (Å²) in [6.07, 6.45) is 6.87. The van der Waals surface area contributed by atoms with Gasteiger partial charge in [-0.1, -0.05) is 31.0 Å². The van der Waals surface area contributed by atoms with Gasteiger partial charge in [-0.3, -0.25) is 4.98 Å². The number of aryl methyl sites for hydroxylation is 2. The zero-order chi connectivity index (χ0) is 34.3. The Bertz CT molecular complexity index is 1470. The summed E-state index contributed by atoms with van der Waals surface area (Å²) in [6, 6.07) is 6.56. The highest BCUT2D eigenvalue weighted by atomic mass is 16.6. The zero-order valence-corrected chi connectivity index (χ0v) is 30.5. The Morgan fingerprint density at radius 2 is 1.53 bits per heavy atom. The third-order valence-electron chi connectivity index (χ3n) is 9.84. The Kier molecular flexibility index (Phi) is 10.0. The SMILES string of the molecule is Cc1nc(C)c([C@H](OC(C)(C)C)C(=O)OC(C)C)c(N2CCC3(CCCC3)CC2)c1-c1ccc2c(c1)CCN(C(=O)OC(C)(C)C)C2. The molecule has 1 aromatic heterocycles. The van der Waals surface area contributed by atoms with Gasteiger partial charge in [-0.05, 0) is 123 Å². The molecular formula is C39H57N3O5. The number of esters is 1. The van der Waals surface area contributed by atoms with E-state index in [1.807, 2.05) is 62.3 Å². The van der Waals surface area contributed by atoms with Crippen molar-refractivity contribution in [1.82, 2.24) is 9.88 Å². The first-order valence-corrected chi connectivity index (χ1v) is 17.7. The van der Waals surface area contributed by atoms with Crippen LogP contribution in [0.25, 0.3) is 11.1 Å². The van der Waals surface area contributed by atoms with Gasteiger partial charge in [-0.25, -0.2) is 9.59 Å². The summed E-state index contributed by atoms with van der Waals surface area (Å²) in [7, 11) is 0. The van der Waals surface area contributed by atoms with Crippen LogP contribution in [0.1, 0.15) is 128 Å². The van der Waals surface area contributed by atoms with E-state index in [2.05, 4.69) is 30.0 Å². The van der Waals surface area contributed by atoms with Gasteiger partial charge in [0.1, 0.15) is 5.60 Å². The van der Waals surface area contributed by atoms with E-state index in [-0.39, 0.29) is 18.2 Å². The van der Waals surface area contributed by atoms with Gasteiger partial charge in [0.05, 0.1) is 17.4 Å². The first-order chi connectivity index (χ1) is 22.0. The van der Waals surface area contributed by atoms with Gasteiger partial charge in [0.15, 0.2) is 6.10 Å². The quantitative estimate of drug-likeness (QED) is 0.290. The number of ether oxygens (including phenoxy) is 3. The van der Waals surface area contributed by atoms with Crippen LogP contribution in [0, 0.1) is 19.3 Å².